The molecular formula is C14H24BrN3O. The molecule has 0 amide bonds. The molecule has 0 aliphatic heterocycles. The van der Waals surface area contributed by atoms with E-state index in [1.807, 2.05) is 4.68 Å². The molecule has 0 radical (unpaired) electrons. The van der Waals surface area contributed by atoms with Crippen LogP contribution in [-0.4, -0.2) is 39.4 Å². The SMILES string of the molecule is CCCn1ncc(Br)c1C(O)C1(N(C)C)CCCC1. The quantitative estimate of drug-likeness (QED) is 0.902. The predicted octanol–water partition coefficient (Wildman–Crippen LogP) is 2.96. The molecule has 1 atom stereocenters. The Labute approximate surface area is 123 Å². The molecule has 4 nitrogen and oxygen atoms in total. The van der Waals surface area contributed by atoms with Crippen LogP contribution in [0.25, 0.3) is 0 Å². The molecule has 19 heavy (non-hydrogen) atoms. The minimum atomic E-state index is -0.492. The maximum atomic E-state index is 11.0. The maximum Gasteiger partial charge on any atom is 0.115 e. The van der Waals surface area contributed by atoms with Gasteiger partial charge in [-0.2, -0.15) is 5.10 Å². The summed E-state index contributed by atoms with van der Waals surface area (Å²) in [5, 5.41) is 15.4. The van der Waals surface area contributed by atoms with Gasteiger partial charge in [0.1, 0.15) is 6.10 Å². The summed E-state index contributed by atoms with van der Waals surface area (Å²) < 4.78 is 2.86. The summed E-state index contributed by atoms with van der Waals surface area (Å²) in [6.45, 7) is 2.98. The van der Waals surface area contributed by atoms with E-state index in [0.29, 0.717) is 0 Å². The predicted molar refractivity (Wildman–Crippen MR) is 80.1 cm³/mol. The van der Waals surface area contributed by atoms with Crippen LogP contribution in [0.5, 0.6) is 0 Å². The first-order chi connectivity index (χ1) is 9.03. The molecule has 1 aliphatic rings. The fourth-order valence-corrected chi connectivity index (χ4v) is 3.75. The fourth-order valence-electron chi connectivity index (χ4n) is 3.24. The highest BCUT2D eigenvalue weighted by Crippen LogP contribution is 2.44. The first-order valence-corrected chi connectivity index (χ1v) is 7.89. The molecule has 2 rings (SSSR count). The summed E-state index contributed by atoms with van der Waals surface area (Å²) in [7, 11) is 4.14. The molecule has 0 aromatic carbocycles. The van der Waals surface area contributed by atoms with Gasteiger partial charge in [-0.1, -0.05) is 19.8 Å². The van der Waals surface area contributed by atoms with Gasteiger partial charge in [0.15, 0.2) is 0 Å². The molecule has 1 aromatic heterocycles. The fraction of sp³-hybridized carbons (Fsp3) is 0.786. The normalized spacial score (nSPS) is 20.1. The Kier molecular flexibility index (Phi) is 4.69. The van der Waals surface area contributed by atoms with Crippen LogP contribution in [0.2, 0.25) is 0 Å². The highest BCUT2D eigenvalue weighted by atomic mass is 79.9. The van der Waals surface area contributed by atoms with Gasteiger partial charge in [0, 0.05) is 6.54 Å². The van der Waals surface area contributed by atoms with Crippen LogP contribution >= 0.6 is 15.9 Å². The van der Waals surface area contributed by atoms with Gasteiger partial charge in [-0.3, -0.25) is 4.68 Å². The monoisotopic (exact) mass is 329 g/mol. The van der Waals surface area contributed by atoms with Crippen LogP contribution in [0.4, 0.5) is 0 Å². The van der Waals surface area contributed by atoms with Crippen molar-refractivity contribution in [2.75, 3.05) is 14.1 Å². The van der Waals surface area contributed by atoms with Crippen molar-refractivity contribution in [3.05, 3.63) is 16.4 Å². The maximum absolute atomic E-state index is 11.0. The molecule has 1 aromatic rings. The Morgan fingerprint density at radius 3 is 2.63 bits per heavy atom. The zero-order valence-electron chi connectivity index (χ0n) is 12.1. The Hall–Kier alpha value is -0.390. The topological polar surface area (TPSA) is 41.3 Å². The number of likely N-dealkylation sites (N-methyl/N-ethyl adjacent to an activating group) is 1. The van der Waals surface area contributed by atoms with Gasteiger partial charge >= 0.3 is 0 Å². The highest BCUT2D eigenvalue weighted by molar-refractivity contribution is 9.10. The number of hydrogen-bond acceptors (Lipinski definition) is 3. The summed E-state index contributed by atoms with van der Waals surface area (Å²) in [6, 6.07) is 0. The first kappa shape index (κ1) is 15.0. The van der Waals surface area contributed by atoms with E-state index in [2.05, 4.69) is 46.9 Å². The molecule has 1 fully saturated rings. The van der Waals surface area contributed by atoms with Crippen LogP contribution in [0.3, 0.4) is 0 Å². The first-order valence-electron chi connectivity index (χ1n) is 7.09. The Morgan fingerprint density at radius 2 is 2.11 bits per heavy atom. The number of aromatic nitrogens is 2. The van der Waals surface area contributed by atoms with E-state index in [1.54, 1.807) is 6.20 Å². The smallest absolute Gasteiger partial charge is 0.115 e. The number of nitrogens with zero attached hydrogens (tertiary/aromatic N) is 3. The highest BCUT2D eigenvalue weighted by Gasteiger charge is 2.45. The van der Waals surface area contributed by atoms with Crippen LogP contribution in [-0.2, 0) is 6.54 Å². The van der Waals surface area contributed by atoms with E-state index in [-0.39, 0.29) is 5.54 Å². The molecule has 108 valence electrons. The Bertz CT molecular complexity index is 424. The standard InChI is InChI=1S/C14H24BrN3O/c1-4-9-18-12(11(15)10-16-18)13(19)14(17(2)3)7-5-6-8-14/h10,13,19H,4-9H2,1-3H3. The van der Waals surface area contributed by atoms with Crippen LogP contribution in [0.1, 0.15) is 50.8 Å². The van der Waals surface area contributed by atoms with Gasteiger partial charge < -0.3 is 10.0 Å². The van der Waals surface area contributed by atoms with Gasteiger partial charge in [-0.15, -0.1) is 0 Å². The van der Waals surface area contributed by atoms with Crippen molar-refractivity contribution >= 4 is 15.9 Å². The second-order valence-electron chi connectivity index (χ2n) is 5.71. The Morgan fingerprint density at radius 1 is 1.47 bits per heavy atom. The minimum absolute atomic E-state index is 0.145. The Balaban J connectivity index is 2.37. The molecule has 5 heteroatoms. The average Bonchev–Trinajstić information content (AvgIpc) is 2.97. The zero-order valence-corrected chi connectivity index (χ0v) is 13.7. The summed E-state index contributed by atoms with van der Waals surface area (Å²) in [5.74, 6) is 0. The van der Waals surface area contributed by atoms with Crippen LogP contribution < -0.4 is 0 Å². The second-order valence-corrected chi connectivity index (χ2v) is 6.56. The summed E-state index contributed by atoms with van der Waals surface area (Å²) >= 11 is 3.55. The second kappa shape index (κ2) is 5.94. The molecule has 1 saturated carbocycles. The average molecular weight is 330 g/mol. The number of aliphatic hydroxyl groups excluding tert-OH is 1. The molecule has 1 N–H and O–H groups in total. The third-order valence-corrected chi connectivity index (χ3v) is 5.01. The molecule has 1 unspecified atom stereocenters. The van der Waals surface area contributed by atoms with E-state index in [4.69, 9.17) is 0 Å². The lowest BCUT2D eigenvalue weighted by atomic mass is 9.87. The van der Waals surface area contributed by atoms with E-state index >= 15 is 0 Å². The van der Waals surface area contributed by atoms with Crippen molar-refractivity contribution in [3.8, 4) is 0 Å². The minimum Gasteiger partial charge on any atom is -0.385 e. The number of halogens is 1. The van der Waals surface area contributed by atoms with Gasteiger partial charge in [0.05, 0.1) is 21.9 Å². The lowest BCUT2D eigenvalue weighted by Crippen LogP contribution is -2.47. The van der Waals surface area contributed by atoms with Crippen LogP contribution in [0, 0.1) is 0 Å². The largest absolute Gasteiger partial charge is 0.385 e. The van der Waals surface area contributed by atoms with Crippen molar-refractivity contribution < 1.29 is 5.11 Å². The number of rotatable bonds is 5. The molecule has 0 saturated heterocycles. The van der Waals surface area contributed by atoms with Crippen molar-refractivity contribution in [1.82, 2.24) is 14.7 Å². The summed E-state index contributed by atoms with van der Waals surface area (Å²) in [4.78, 5) is 2.19. The lowest BCUT2D eigenvalue weighted by Gasteiger charge is -2.40. The zero-order chi connectivity index (χ0) is 14.0. The third kappa shape index (κ3) is 2.60. The van der Waals surface area contributed by atoms with E-state index in [0.717, 1.165) is 36.0 Å². The van der Waals surface area contributed by atoms with Crippen molar-refractivity contribution in [2.24, 2.45) is 0 Å². The molecule has 0 bridgehead atoms. The van der Waals surface area contributed by atoms with E-state index in [1.165, 1.54) is 12.8 Å². The lowest BCUT2D eigenvalue weighted by molar-refractivity contribution is -0.0104. The molecule has 1 heterocycles. The van der Waals surface area contributed by atoms with Gasteiger partial charge in [0.25, 0.3) is 0 Å². The van der Waals surface area contributed by atoms with Gasteiger partial charge in [0.2, 0.25) is 0 Å². The van der Waals surface area contributed by atoms with Crippen molar-refractivity contribution in [1.29, 1.82) is 0 Å². The van der Waals surface area contributed by atoms with Gasteiger partial charge in [-0.05, 0) is 49.3 Å². The number of hydrogen-bond donors (Lipinski definition) is 1. The van der Waals surface area contributed by atoms with E-state index in [9.17, 15) is 5.11 Å². The van der Waals surface area contributed by atoms with Crippen molar-refractivity contribution in [2.45, 2.75) is 57.2 Å². The van der Waals surface area contributed by atoms with Crippen molar-refractivity contribution in [3.63, 3.8) is 0 Å². The summed E-state index contributed by atoms with van der Waals surface area (Å²) in [5.41, 5.74) is 0.783. The van der Waals surface area contributed by atoms with E-state index < -0.39 is 6.10 Å². The van der Waals surface area contributed by atoms with Crippen LogP contribution in [0.15, 0.2) is 10.7 Å². The molecular weight excluding hydrogens is 306 g/mol. The summed E-state index contributed by atoms with van der Waals surface area (Å²) in [6.07, 6.45) is 6.79. The molecule has 1 aliphatic carbocycles. The number of aryl methyl sites for hydroxylation is 1. The molecule has 0 spiro atoms. The number of aliphatic hydroxyl groups is 1. The van der Waals surface area contributed by atoms with Gasteiger partial charge in [-0.25, -0.2) is 0 Å². The third-order valence-electron chi connectivity index (χ3n) is 4.40.